The summed E-state index contributed by atoms with van der Waals surface area (Å²) < 4.78 is 11.2. The second-order valence-electron chi connectivity index (χ2n) is 6.01. The largest absolute Gasteiger partial charge is 0.471 e. The molecule has 4 rings (SSSR count). The van der Waals surface area contributed by atoms with E-state index < -0.39 is 0 Å². The smallest absolute Gasteiger partial charge is 0.264 e. The molecule has 1 atom stereocenters. The van der Waals surface area contributed by atoms with Gasteiger partial charge < -0.3 is 9.26 Å². The molecule has 1 aliphatic heterocycles. The highest BCUT2D eigenvalue weighted by Crippen LogP contribution is 2.34. The summed E-state index contributed by atoms with van der Waals surface area (Å²) in [6, 6.07) is 13.1. The predicted octanol–water partition coefficient (Wildman–Crippen LogP) is 3.47. The Labute approximate surface area is 145 Å². The van der Waals surface area contributed by atoms with Crippen molar-refractivity contribution in [1.82, 2.24) is 10.1 Å². The Morgan fingerprint density at radius 3 is 2.80 bits per heavy atom. The number of aromatic nitrogens is 2. The fraction of sp³-hybridized carbons (Fsp3) is 0.211. The number of fused-ring (bicyclic) bond motifs is 1. The van der Waals surface area contributed by atoms with Crippen LogP contribution in [0.4, 0.5) is 5.69 Å². The van der Waals surface area contributed by atoms with Gasteiger partial charge in [0.25, 0.3) is 5.91 Å². The minimum atomic E-state index is -0.165. The zero-order valence-electron chi connectivity index (χ0n) is 14.0. The summed E-state index contributed by atoms with van der Waals surface area (Å²) in [5.74, 6) is 0.777. The Morgan fingerprint density at radius 2 is 2.00 bits per heavy atom. The van der Waals surface area contributed by atoms with E-state index in [1.807, 2.05) is 43.3 Å². The first-order valence-electron chi connectivity index (χ1n) is 8.10. The van der Waals surface area contributed by atoms with Crippen molar-refractivity contribution < 1.29 is 14.1 Å². The Bertz CT molecular complexity index is 921. The molecule has 0 fully saturated rings. The number of amides is 1. The van der Waals surface area contributed by atoms with Crippen molar-refractivity contribution in [3.63, 3.8) is 0 Å². The Balaban J connectivity index is 1.79. The van der Waals surface area contributed by atoms with Crippen molar-refractivity contribution in [1.29, 1.82) is 0 Å². The number of hydrogen-bond donors (Lipinski definition) is 0. The van der Waals surface area contributed by atoms with Crippen LogP contribution in [0.3, 0.4) is 0 Å². The maximum atomic E-state index is 13.3. The monoisotopic (exact) mass is 335 g/mol. The maximum Gasteiger partial charge on any atom is 0.264 e. The molecule has 126 valence electrons. The van der Waals surface area contributed by atoms with Crippen LogP contribution in [-0.4, -0.2) is 28.7 Å². The standard InChI is InChI=1S/C19H17N3O3/c1-12-11-22(15-9-6-10-20-18(15)24-12)19(23)16-13(2)21-25-17(16)14-7-4-3-5-8-14/h3-10,12H,11H2,1-2H3. The average molecular weight is 335 g/mol. The molecule has 3 heterocycles. The number of rotatable bonds is 2. The van der Waals surface area contributed by atoms with Gasteiger partial charge in [-0.15, -0.1) is 0 Å². The van der Waals surface area contributed by atoms with Gasteiger partial charge in [0.2, 0.25) is 5.88 Å². The molecule has 1 amide bonds. The zero-order valence-corrected chi connectivity index (χ0v) is 14.0. The number of carbonyl (C=O) groups excluding carboxylic acids is 1. The van der Waals surface area contributed by atoms with Gasteiger partial charge in [-0.05, 0) is 26.0 Å². The third kappa shape index (κ3) is 2.65. The highest BCUT2D eigenvalue weighted by molar-refractivity contribution is 6.10. The molecule has 0 radical (unpaired) electrons. The van der Waals surface area contributed by atoms with Crippen molar-refractivity contribution in [2.24, 2.45) is 0 Å². The summed E-state index contributed by atoms with van der Waals surface area (Å²) in [4.78, 5) is 19.2. The van der Waals surface area contributed by atoms with Crippen LogP contribution < -0.4 is 9.64 Å². The lowest BCUT2D eigenvalue weighted by molar-refractivity contribution is 0.0958. The minimum Gasteiger partial charge on any atom is -0.471 e. The molecule has 0 bridgehead atoms. The van der Waals surface area contributed by atoms with Crippen molar-refractivity contribution >= 4 is 11.6 Å². The zero-order chi connectivity index (χ0) is 17.4. The van der Waals surface area contributed by atoms with Gasteiger partial charge in [-0.1, -0.05) is 35.5 Å². The number of hydrogen-bond acceptors (Lipinski definition) is 5. The van der Waals surface area contributed by atoms with Gasteiger partial charge in [0.05, 0.1) is 12.2 Å². The lowest BCUT2D eigenvalue weighted by Gasteiger charge is -2.32. The Hall–Kier alpha value is -3.15. The number of ether oxygens (including phenoxy) is 1. The highest BCUT2D eigenvalue weighted by Gasteiger charge is 2.33. The lowest BCUT2D eigenvalue weighted by Crippen LogP contribution is -2.42. The molecule has 1 unspecified atom stereocenters. The van der Waals surface area contributed by atoms with Gasteiger partial charge in [0, 0.05) is 11.8 Å². The third-order valence-electron chi connectivity index (χ3n) is 4.15. The van der Waals surface area contributed by atoms with Crippen LogP contribution in [0.25, 0.3) is 11.3 Å². The molecule has 0 saturated carbocycles. The van der Waals surface area contributed by atoms with E-state index in [4.69, 9.17) is 9.26 Å². The normalized spacial score (nSPS) is 16.2. The fourth-order valence-corrected chi connectivity index (χ4v) is 3.00. The van der Waals surface area contributed by atoms with Crippen LogP contribution >= 0.6 is 0 Å². The summed E-state index contributed by atoms with van der Waals surface area (Å²) in [7, 11) is 0. The van der Waals surface area contributed by atoms with Crippen LogP contribution in [0.1, 0.15) is 23.0 Å². The van der Waals surface area contributed by atoms with Crippen molar-refractivity contribution in [2.45, 2.75) is 20.0 Å². The van der Waals surface area contributed by atoms with E-state index in [0.717, 1.165) is 5.56 Å². The molecular formula is C19H17N3O3. The number of pyridine rings is 1. The first kappa shape index (κ1) is 15.4. The molecule has 1 aliphatic rings. The topological polar surface area (TPSA) is 68.5 Å². The van der Waals surface area contributed by atoms with Gasteiger partial charge in [-0.25, -0.2) is 4.98 Å². The highest BCUT2D eigenvalue weighted by atomic mass is 16.5. The Kier molecular flexibility index (Phi) is 3.72. The van der Waals surface area contributed by atoms with Crippen molar-refractivity contribution in [3.05, 3.63) is 59.9 Å². The van der Waals surface area contributed by atoms with Crippen LogP contribution in [0, 0.1) is 6.92 Å². The second-order valence-corrected chi connectivity index (χ2v) is 6.01. The van der Waals surface area contributed by atoms with E-state index in [-0.39, 0.29) is 12.0 Å². The number of aryl methyl sites for hydroxylation is 1. The first-order chi connectivity index (χ1) is 12.1. The molecule has 0 N–H and O–H groups in total. The molecular weight excluding hydrogens is 318 g/mol. The van der Waals surface area contributed by atoms with Gasteiger partial charge in [0.15, 0.2) is 5.76 Å². The van der Waals surface area contributed by atoms with E-state index >= 15 is 0 Å². The number of carbonyl (C=O) groups is 1. The molecule has 1 aromatic carbocycles. The second kappa shape index (κ2) is 6.05. The van der Waals surface area contributed by atoms with Crippen LogP contribution in [-0.2, 0) is 0 Å². The summed E-state index contributed by atoms with van der Waals surface area (Å²) >= 11 is 0. The van der Waals surface area contributed by atoms with Gasteiger partial charge in [0.1, 0.15) is 17.4 Å². The minimum absolute atomic E-state index is 0.147. The molecule has 0 aliphatic carbocycles. The molecule has 2 aromatic heterocycles. The van der Waals surface area contributed by atoms with Gasteiger partial charge in [-0.3, -0.25) is 9.69 Å². The van der Waals surface area contributed by atoms with Gasteiger partial charge >= 0.3 is 0 Å². The quantitative estimate of drug-likeness (QED) is 0.717. The average Bonchev–Trinajstić information content (AvgIpc) is 3.02. The first-order valence-corrected chi connectivity index (χ1v) is 8.10. The van der Waals surface area contributed by atoms with Crippen molar-refractivity contribution in [3.8, 4) is 17.2 Å². The fourth-order valence-electron chi connectivity index (χ4n) is 3.00. The number of benzene rings is 1. The molecule has 6 heteroatoms. The van der Waals surface area contributed by atoms with E-state index in [1.54, 1.807) is 24.1 Å². The van der Waals surface area contributed by atoms with E-state index in [9.17, 15) is 4.79 Å². The summed E-state index contributed by atoms with van der Waals surface area (Å²) in [6.45, 7) is 4.13. The molecule has 6 nitrogen and oxygen atoms in total. The summed E-state index contributed by atoms with van der Waals surface area (Å²) in [5, 5.41) is 4.01. The van der Waals surface area contributed by atoms with Gasteiger partial charge in [-0.2, -0.15) is 0 Å². The molecule has 3 aromatic rings. The van der Waals surface area contributed by atoms with Crippen LogP contribution in [0.5, 0.6) is 5.88 Å². The summed E-state index contributed by atoms with van der Waals surface area (Å²) in [5.41, 5.74) is 2.51. The maximum absolute atomic E-state index is 13.3. The predicted molar refractivity (Wildman–Crippen MR) is 92.7 cm³/mol. The van der Waals surface area contributed by atoms with Crippen LogP contribution in [0.15, 0.2) is 53.2 Å². The third-order valence-corrected chi connectivity index (χ3v) is 4.15. The number of anilines is 1. The van der Waals surface area contributed by atoms with E-state index in [2.05, 4.69) is 10.1 Å². The SMILES string of the molecule is Cc1noc(-c2ccccc2)c1C(=O)N1CC(C)Oc2ncccc21. The Morgan fingerprint density at radius 1 is 1.20 bits per heavy atom. The molecule has 25 heavy (non-hydrogen) atoms. The van der Waals surface area contributed by atoms with E-state index in [0.29, 0.717) is 35.1 Å². The number of nitrogens with zero attached hydrogens (tertiary/aromatic N) is 3. The van der Waals surface area contributed by atoms with Crippen molar-refractivity contribution in [2.75, 3.05) is 11.4 Å². The molecule has 0 saturated heterocycles. The van der Waals surface area contributed by atoms with E-state index in [1.165, 1.54) is 0 Å². The summed E-state index contributed by atoms with van der Waals surface area (Å²) in [6.07, 6.45) is 1.51. The lowest BCUT2D eigenvalue weighted by atomic mass is 10.0. The molecule has 0 spiro atoms. The van der Waals surface area contributed by atoms with Crippen LogP contribution in [0.2, 0.25) is 0 Å².